The molecule has 2 aliphatic heterocycles. The summed E-state index contributed by atoms with van der Waals surface area (Å²) in [6, 6.07) is 11.6. The number of primary amides is 1. The molecule has 2 aromatic carbocycles. The van der Waals surface area contributed by atoms with Crippen LogP contribution >= 0.6 is 0 Å². The number of para-hydroxylation sites is 1. The number of piperidine rings is 1. The average molecular weight is 544 g/mol. The van der Waals surface area contributed by atoms with Crippen molar-refractivity contribution >= 4 is 29.0 Å². The minimum absolute atomic E-state index is 0. The van der Waals surface area contributed by atoms with Crippen LogP contribution < -0.4 is 20.9 Å². The molecule has 3 N–H and O–H groups in total. The number of nitrogens with one attached hydrogen (secondary N) is 1. The third-order valence-electron chi connectivity index (χ3n) is 7.99. The highest BCUT2D eigenvalue weighted by atomic mass is 16.2. The molecule has 40 heavy (non-hydrogen) atoms. The molecule has 3 heterocycles. The predicted molar refractivity (Wildman–Crippen MR) is 161 cm³/mol. The lowest BCUT2D eigenvalue weighted by atomic mass is 9.94. The molecular weight excluding hydrogens is 502 g/mol. The maximum Gasteiger partial charge on any atom is 0.254 e. The Bertz CT molecular complexity index is 1320. The van der Waals surface area contributed by atoms with Gasteiger partial charge >= 0.3 is 0 Å². The average Bonchev–Trinajstić information content (AvgIpc) is 2.96. The van der Waals surface area contributed by atoms with Crippen molar-refractivity contribution in [1.82, 2.24) is 14.9 Å². The second kappa shape index (κ2) is 12.4. The Morgan fingerprint density at radius 1 is 0.975 bits per heavy atom. The number of rotatable bonds is 6. The van der Waals surface area contributed by atoms with Crippen molar-refractivity contribution in [1.29, 1.82) is 0 Å². The van der Waals surface area contributed by atoms with Crippen LogP contribution in [0, 0.1) is 20.8 Å². The van der Waals surface area contributed by atoms with E-state index in [-0.39, 0.29) is 19.9 Å². The van der Waals surface area contributed by atoms with E-state index in [0.717, 1.165) is 59.8 Å². The van der Waals surface area contributed by atoms with Crippen molar-refractivity contribution in [3.63, 3.8) is 0 Å². The lowest BCUT2D eigenvalue weighted by Gasteiger charge is -2.41. The van der Waals surface area contributed by atoms with E-state index in [2.05, 4.69) is 33.2 Å². The first-order valence-electron chi connectivity index (χ1n) is 13.6. The number of benzene rings is 2. The first kappa shape index (κ1) is 28.9. The number of aromatic nitrogens is 2. The van der Waals surface area contributed by atoms with Crippen LogP contribution in [-0.4, -0.2) is 71.5 Å². The maximum atomic E-state index is 13.9. The lowest BCUT2D eigenvalue weighted by Crippen LogP contribution is -2.59. The molecule has 2 amide bonds. The Morgan fingerprint density at radius 3 is 2.35 bits per heavy atom. The van der Waals surface area contributed by atoms with Crippen molar-refractivity contribution in [2.75, 3.05) is 47.8 Å². The zero-order valence-corrected chi connectivity index (χ0v) is 22.9. The van der Waals surface area contributed by atoms with Crippen LogP contribution in [0.4, 0.5) is 17.2 Å². The highest BCUT2D eigenvalue weighted by Crippen LogP contribution is 2.31. The molecule has 9 nitrogen and oxygen atoms in total. The molecule has 2 saturated heterocycles. The van der Waals surface area contributed by atoms with Crippen LogP contribution in [0.25, 0.3) is 0 Å². The van der Waals surface area contributed by atoms with Gasteiger partial charge < -0.3 is 25.8 Å². The zero-order chi connectivity index (χ0) is 27.5. The van der Waals surface area contributed by atoms with E-state index in [9.17, 15) is 9.59 Å². The molecule has 0 spiro atoms. The van der Waals surface area contributed by atoms with E-state index in [0.29, 0.717) is 24.7 Å². The summed E-state index contributed by atoms with van der Waals surface area (Å²) in [4.78, 5) is 41.0. The predicted octanol–water partition coefficient (Wildman–Crippen LogP) is 3.94. The summed E-state index contributed by atoms with van der Waals surface area (Å²) in [6.07, 6.45) is 7.16. The molecule has 0 aliphatic carbocycles. The fraction of sp³-hybridized carbons (Fsp3) is 0.419. The summed E-state index contributed by atoms with van der Waals surface area (Å²) in [5.41, 5.74) is 11.5. The number of aryl methyl sites for hydroxylation is 2. The van der Waals surface area contributed by atoms with E-state index in [1.165, 1.54) is 0 Å². The Balaban J connectivity index is 0.00000370. The second-order valence-corrected chi connectivity index (χ2v) is 10.6. The van der Waals surface area contributed by atoms with Crippen LogP contribution in [0.1, 0.15) is 47.3 Å². The Hall–Kier alpha value is -4.14. The van der Waals surface area contributed by atoms with Gasteiger partial charge in [0.1, 0.15) is 11.9 Å². The van der Waals surface area contributed by atoms with E-state index < -0.39 is 11.9 Å². The van der Waals surface area contributed by atoms with Gasteiger partial charge in [-0.2, -0.15) is 0 Å². The quantitative estimate of drug-likeness (QED) is 0.485. The van der Waals surface area contributed by atoms with Crippen molar-refractivity contribution in [3.05, 3.63) is 77.2 Å². The largest absolute Gasteiger partial charge is 0.382 e. The summed E-state index contributed by atoms with van der Waals surface area (Å²) < 4.78 is 0. The first-order valence-corrected chi connectivity index (χ1v) is 13.6. The molecular formula is C31H41N7O2. The summed E-state index contributed by atoms with van der Waals surface area (Å²) in [5.74, 6) is 0.432. The van der Waals surface area contributed by atoms with Gasteiger partial charge in [0.25, 0.3) is 5.91 Å². The molecule has 5 rings (SSSR count). The highest BCUT2D eigenvalue weighted by molar-refractivity contribution is 5.99. The number of nitrogens with zero attached hydrogens (tertiary/aromatic N) is 5. The van der Waals surface area contributed by atoms with Gasteiger partial charge in [0, 0.05) is 61.6 Å². The monoisotopic (exact) mass is 543 g/mol. The van der Waals surface area contributed by atoms with Gasteiger partial charge in [-0.05, 0) is 62.4 Å². The topological polar surface area (TPSA) is 108 Å². The summed E-state index contributed by atoms with van der Waals surface area (Å²) in [6.45, 7) is 9.22. The van der Waals surface area contributed by atoms with Crippen LogP contribution in [-0.2, 0) is 4.79 Å². The van der Waals surface area contributed by atoms with Gasteiger partial charge in [-0.15, -0.1) is 0 Å². The first-order chi connectivity index (χ1) is 18.8. The third-order valence-corrected chi connectivity index (χ3v) is 7.99. The van der Waals surface area contributed by atoms with Crippen molar-refractivity contribution in [2.45, 2.75) is 53.1 Å². The summed E-state index contributed by atoms with van der Waals surface area (Å²) >= 11 is 0. The second-order valence-electron chi connectivity index (χ2n) is 10.6. The standard InChI is InChI=1S/C30H37N7O2.CH4/c1-20-17-21(2)28(34-23-9-13-35(14-10-23)26-18-32-11-12-33-26)22(3)27(20)30(39)36-15-16-37(25(19-36)29(31)38)24-7-5-4-6-8-24;/h4-8,11-12,17-18,23,25,34H,9-10,13-16,19H2,1-3H3,(H2,31,38);1H4/t25-;/m0./s1. The SMILES string of the molecule is C.Cc1cc(C)c(C(=O)N2CCN(c3ccccc3)[C@H](C(N)=O)C2)c(C)c1NC1CCN(c2cnccn2)CC1. The molecule has 0 unspecified atom stereocenters. The smallest absolute Gasteiger partial charge is 0.254 e. The van der Waals surface area contributed by atoms with Gasteiger partial charge in [-0.1, -0.05) is 31.7 Å². The number of carbonyl (C=O) groups is 2. The normalized spacial score (nSPS) is 17.8. The van der Waals surface area contributed by atoms with Gasteiger partial charge in [0.2, 0.25) is 5.91 Å². The fourth-order valence-electron chi connectivity index (χ4n) is 5.95. The number of carbonyl (C=O) groups excluding carboxylic acids is 2. The fourth-order valence-corrected chi connectivity index (χ4v) is 5.95. The molecule has 2 fully saturated rings. The number of hydrogen-bond acceptors (Lipinski definition) is 7. The van der Waals surface area contributed by atoms with Crippen molar-refractivity contribution in [3.8, 4) is 0 Å². The molecule has 1 atom stereocenters. The van der Waals surface area contributed by atoms with E-state index in [1.807, 2.05) is 55.3 Å². The van der Waals surface area contributed by atoms with E-state index in [4.69, 9.17) is 5.73 Å². The molecule has 212 valence electrons. The molecule has 3 aromatic rings. The molecule has 0 radical (unpaired) electrons. The maximum absolute atomic E-state index is 13.9. The van der Waals surface area contributed by atoms with Gasteiger partial charge in [0.05, 0.1) is 12.7 Å². The van der Waals surface area contributed by atoms with Crippen molar-refractivity contribution in [2.24, 2.45) is 5.73 Å². The van der Waals surface area contributed by atoms with Gasteiger partial charge in [-0.3, -0.25) is 14.6 Å². The zero-order valence-electron chi connectivity index (χ0n) is 22.9. The minimum atomic E-state index is -0.576. The van der Waals surface area contributed by atoms with Crippen LogP contribution in [0.3, 0.4) is 0 Å². The number of anilines is 3. The van der Waals surface area contributed by atoms with Crippen LogP contribution in [0.2, 0.25) is 0 Å². The molecule has 0 saturated carbocycles. The third kappa shape index (κ3) is 5.88. The van der Waals surface area contributed by atoms with Crippen LogP contribution in [0.15, 0.2) is 55.0 Å². The molecule has 2 aliphatic rings. The van der Waals surface area contributed by atoms with Crippen molar-refractivity contribution < 1.29 is 9.59 Å². The number of amides is 2. The molecule has 1 aromatic heterocycles. The number of nitrogens with two attached hydrogens (primary N) is 1. The lowest BCUT2D eigenvalue weighted by molar-refractivity contribution is -0.119. The Labute approximate surface area is 237 Å². The van der Waals surface area contributed by atoms with Gasteiger partial charge in [-0.25, -0.2) is 4.98 Å². The van der Waals surface area contributed by atoms with Gasteiger partial charge in [0.15, 0.2) is 0 Å². The summed E-state index contributed by atoms with van der Waals surface area (Å²) in [7, 11) is 0. The number of hydrogen-bond donors (Lipinski definition) is 2. The molecule has 0 bridgehead atoms. The Kier molecular flexibility index (Phi) is 8.92. The van der Waals surface area contributed by atoms with E-state index in [1.54, 1.807) is 17.3 Å². The highest BCUT2D eigenvalue weighted by Gasteiger charge is 2.35. The molecule has 9 heteroatoms. The Morgan fingerprint density at radius 2 is 1.70 bits per heavy atom. The summed E-state index contributed by atoms with van der Waals surface area (Å²) in [5, 5.41) is 3.75. The number of piperazine rings is 1. The van der Waals surface area contributed by atoms with Crippen LogP contribution in [0.5, 0.6) is 0 Å². The minimum Gasteiger partial charge on any atom is -0.382 e. The van der Waals surface area contributed by atoms with E-state index >= 15 is 0 Å².